The van der Waals surface area contributed by atoms with Gasteiger partial charge in [-0.25, -0.2) is 0 Å². The molecule has 0 radical (unpaired) electrons. The molecule has 1 atom stereocenters. The van der Waals surface area contributed by atoms with Gasteiger partial charge in [0.05, 0.1) is 22.7 Å². The summed E-state index contributed by atoms with van der Waals surface area (Å²) in [5.74, 6) is 0.101. The molecule has 2 nitrogen and oxygen atoms in total. The predicted molar refractivity (Wildman–Crippen MR) is 67.0 cm³/mol. The number of benzene rings is 1. The van der Waals surface area contributed by atoms with E-state index in [0.29, 0.717) is 10.0 Å². The van der Waals surface area contributed by atoms with E-state index in [-0.39, 0.29) is 5.92 Å². The van der Waals surface area contributed by atoms with Crippen molar-refractivity contribution in [1.82, 2.24) is 0 Å². The van der Waals surface area contributed by atoms with Crippen LogP contribution < -0.4 is 4.90 Å². The smallest absolute Gasteiger partial charge is 0.0674 e. The molecule has 1 unspecified atom stereocenters. The van der Waals surface area contributed by atoms with Crippen molar-refractivity contribution in [2.45, 2.75) is 12.8 Å². The van der Waals surface area contributed by atoms with Crippen LogP contribution in [0.4, 0.5) is 5.69 Å². The van der Waals surface area contributed by atoms with Crippen molar-refractivity contribution < 1.29 is 0 Å². The lowest BCUT2D eigenvalue weighted by Crippen LogP contribution is -2.34. The molecular formula is C12H12Cl2N2. The fourth-order valence-electron chi connectivity index (χ4n) is 2.03. The quantitative estimate of drug-likeness (QED) is 0.764. The van der Waals surface area contributed by atoms with E-state index in [4.69, 9.17) is 28.5 Å². The zero-order valence-corrected chi connectivity index (χ0v) is 10.3. The molecule has 1 aliphatic heterocycles. The molecule has 84 valence electrons. The van der Waals surface area contributed by atoms with Crippen LogP contribution in [-0.2, 0) is 0 Å². The van der Waals surface area contributed by atoms with Crippen LogP contribution in [0.25, 0.3) is 0 Å². The second-order valence-electron chi connectivity index (χ2n) is 4.01. The summed E-state index contributed by atoms with van der Waals surface area (Å²) in [7, 11) is 0. The summed E-state index contributed by atoms with van der Waals surface area (Å²) in [5, 5.41) is 10.3. The Morgan fingerprint density at radius 2 is 2.19 bits per heavy atom. The van der Waals surface area contributed by atoms with Crippen LogP contribution in [-0.4, -0.2) is 13.1 Å². The summed E-state index contributed by atoms with van der Waals surface area (Å²) in [6, 6.07) is 7.76. The Morgan fingerprint density at radius 1 is 1.38 bits per heavy atom. The van der Waals surface area contributed by atoms with Gasteiger partial charge in [-0.3, -0.25) is 0 Å². The molecule has 4 heteroatoms. The molecule has 0 aliphatic carbocycles. The molecule has 0 bridgehead atoms. The lowest BCUT2D eigenvalue weighted by atomic mass is 9.99. The Kier molecular flexibility index (Phi) is 3.58. The third-order valence-electron chi connectivity index (χ3n) is 2.85. The second-order valence-corrected chi connectivity index (χ2v) is 4.85. The van der Waals surface area contributed by atoms with Gasteiger partial charge in [-0.05, 0) is 31.0 Å². The minimum absolute atomic E-state index is 0.101. The standard InChI is InChI=1S/C12H12Cl2N2/c13-10-3-4-11(14)12(6-10)16-5-1-2-9(7-15)8-16/h3-4,6,9H,1-2,5,8H2. The minimum Gasteiger partial charge on any atom is -0.369 e. The first-order chi connectivity index (χ1) is 7.70. The van der Waals surface area contributed by atoms with Crippen molar-refractivity contribution >= 4 is 28.9 Å². The molecule has 1 heterocycles. The first kappa shape index (κ1) is 11.6. The van der Waals surface area contributed by atoms with E-state index in [1.165, 1.54) is 0 Å². The van der Waals surface area contributed by atoms with Gasteiger partial charge in [0, 0.05) is 18.1 Å². The summed E-state index contributed by atoms with van der Waals surface area (Å²) in [6.07, 6.45) is 2.01. The number of anilines is 1. The van der Waals surface area contributed by atoms with E-state index in [1.54, 1.807) is 12.1 Å². The maximum Gasteiger partial charge on any atom is 0.0674 e. The summed E-state index contributed by atoms with van der Waals surface area (Å²) in [5.41, 5.74) is 0.939. The molecule has 0 N–H and O–H groups in total. The van der Waals surface area contributed by atoms with Gasteiger partial charge in [-0.15, -0.1) is 0 Å². The molecule has 0 aromatic heterocycles. The van der Waals surface area contributed by atoms with Crippen molar-refractivity contribution in [2.75, 3.05) is 18.0 Å². The normalized spacial score (nSPS) is 20.6. The molecule has 0 amide bonds. The van der Waals surface area contributed by atoms with E-state index < -0.39 is 0 Å². The average molecular weight is 255 g/mol. The number of nitrogens with zero attached hydrogens (tertiary/aromatic N) is 2. The van der Waals surface area contributed by atoms with E-state index in [1.807, 2.05) is 6.07 Å². The Hall–Kier alpha value is -0.910. The van der Waals surface area contributed by atoms with Crippen molar-refractivity contribution in [3.63, 3.8) is 0 Å². The molecule has 0 saturated carbocycles. The molecule has 1 fully saturated rings. The Bertz CT molecular complexity index is 426. The van der Waals surface area contributed by atoms with Gasteiger partial charge < -0.3 is 4.90 Å². The van der Waals surface area contributed by atoms with Gasteiger partial charge in [-0.2, -0.15) is 5.26 Å². The van der Waals surface area contributed by atoms with Crippen molar-refractivity contribution in [1.29, 1.82) is 5.26 Å². The lowest BCUT2D eigenvalue weighted by Gasteiger charge is -2.32. The van der Waals surface area contributed by atoms with E-state index in [0.717, 1.165) is 31.6 Å². The second kappa shape index (κ2) is 4.95. The Morgan fingerprint density at radius 3 is 2.94 bits per heavy atom. The fourth-order valence-corrected chi connectivity index (χ4v) is 2.43. The first-order valence-electron chi connectivity index (χ1n) is 5.30. The van der Waals surface area contributed by atoms with Crippen LogP contribution >= 0.6 is 23.2 Å². The minimum atomic E-state index is 0.101. The van der Waals surface area contributed by atoms with Gasteiger partial charge in [-0.1, -0.05) is 23.2 Å². The van der Waals surface area contributed by atoms with Gasteiger partial charge in [0.1, 0.15) is 0 Å². The summed E-state index contributed by atoms with van der Waals surface area (Å²) in [4.78, 5) is 2.14. The number of rotatable bonds is 1. The highest BCUT2D eigenvalue weighted by molar-refractivity contribution is 6.35. The molecule has 1 aliphatic rings. The van der Waals surface area contributed by atoms with E-state index in [9.17, 15) is 0 Å². The summed E-state index contributed by atoms with van der Waals surface area (Å²) in [6.45, 7) is 1.69. The van der Waals surface area contributed by atoms with Gasteiger partial charge >= 0.3 is 0 Å². The van der Waals surface area contributed by atoms with Gasteiger partial charge in [0.25, 0.3) is 0 Å². The zero-order valence-electron chi connectivity index (χ0n) is 8.79. The lowest BCUT2D eigenvalue weighted by molar-refractivity contribution is 0.494. The largest absolute Gasteiger partial charge is 0.369 e. The Labute approximate surface area is 105 Å². The van der Waals surface area contributed by atoms with E-state index in [2.05, 4.69) is 11.0 Å². The van der Waals surface area contributed by atoms with Crippen molar-refractivity contribution in [3.05, 3.63) is 28.2 Å². The van der Waals surface area contributed by atoms with Crippen LogP contribution in [0.1, 0.15) is 12.8 Å². The third-order valence-corrected chi connectivity index (χ3v) is 3.41. The number of halogens is 2. The third kappa shape index (κ3) is 2.42. The molecule has 1 aromatic rings. The highest BCUT2D eigenvalue weighted by Crippen LogP contribution is 2.31. The highest BCUT2D eigenvalue weighted by atomic mass is 35.5. The molecule has 16 heavy (non-hydrogen) atoms. The number of hydrogen-bond acceptors (Lipinski definition) is 2. The predicted octanol–water partition coefficient (Wildman–Crippen LogP) is 3.73. The molecule has 1 saturated heterocycles. The topological polar surface area (TPSA) is 27.0 Å². The average Bonchev–Trinajstić information content (AvgIpc) is 2.32. The maximum absolute atomic E-state index is 8.94. The van der Waals surface area contributed by atoms with Crippen LogP contribution in [0.2, 0.25) is 10.0 Å². The number of piperidine rings is 1. The SMILES string of the molecule is N#CC1CCCN(c2cc(Cl)ccc2Cl)C1. The zero-order chi connectivity index (χ0) is 11.5. The van der Waals surface area contributed by atoms with E-state index >= 15 is 0 Å². The van der Waals surface area contributed by atoms with Crippen molar-refractivity contribution in [2.24, 2.45) is 5.92 Å². The van der Waals surface area contributed by atoms with Crippen LogP contribution in [0.5, 0.6) is 0 Å². The number of hydrogen-bond donors (Lipinski definition) is 0. The van der Waals surface area contributed by atoms with Crippen LogP contribution in [0.15, 0.2) is 18.2 Å². The monoisotopic (exact) mass is 254 g/mol. The fraction of sp³-hybridized carbons (Fsp3) is 0.417. The van der Waals surface area contributed by atoms with Crippen LogP contribution in [0.3, 0.4) is 0 Å². The van der Waals surface area contributed by atoms with Crippen LogP contribution in [0, 0.1) is 17.2 Å². The Balaban J connectivity index is 2.23. The molecule has 0 spiro atoms. The van der Waals surface area contributed by atoms with Gasteiger partial charge in [0.2, 0.25) is 0 Å². The summed E-state index contributed by atoms with van der Waals surface area (Å²) >= 11 is 12.1. The molecule has 1 aromatic carbocycles. The summed E-state index contributed by atoms with van der Waals surface area (Å²) < 4.78 is 0. The number of nitriles is 1. The molecular weight excluding hydrogens is 243 g/mol. The van der Waals surface area contributed by atoms with Crippen molar-refractivity contribution in [3.8, 4) is 6.07 Å². The molecule has 2 rings (SSSR count). The highest BCUT2D eigenvalue weighted by Gasteiger charge is 2.21. The first-order valence-corrected chi connectivity index (χ1v) is 6.06. The maximum atomic E-state index is 8.94. The van der Waals surface area contributed by atoms with Gasteiger partial charge in [0.15, 0.2) is 0 Å².